The lowest BCUT2D eigenvalue weighted by Crippen LogP contribution is -3.00. The number of carbonyl (C=O) groups excluding carboxylic acids is 4. The summed E-state index contributed by atoms with van der Waals surface area (Å²) in [5.41, 5.74) is 0. The van der Waals surface area contributed by atoms with Gasteiger partial charge in [0.1, 0.15) is 0 Å². The number of nitrogens with zero attached hydrogens (tertiary/aromatic N) is 9. The van der Waals surface area contributed by atoms with Crippen molar-refractivity contribution in [3.05, 3.63) is 0 Å². The van der Waals surface area contributed by atoms with E-state index < -0.39 is 100 Å². The first-order valence-electron chi connectivity index (χ1n) is 47.8. The molecule has 0 aromatic rings. The third kappa shape index (κ3) is 142. The van der Waals surface area contributed by atoms with Crippen LogP contribution in [-0.4, -0.2) is 327 Å². The predicted octanol–water partition coefficient (Wildman–Crippen LogP) is 10.6. The minimum Gasteiger partial charge on any atom is -1.00 e. The Bertz CT molecular complexity index is 1930. The average molecular weight is 1800 g/mol. The third-order valence-electron chi connectivity index (χ3n) is 20.2. The number of quaternary nitrogens is 5. The van der Waals surface area contributed by atoms with Gasteiger partial charge in [-0.3, -0.25) is 38.8 Å². The van der Waals surface area contributed by atoms with Gasteiger partial charge in [0.25, 0.3) is 0 Å². The number of hydrogen-bond donors (Lipinski definition) is 4. The minimum atomic E-state index is -1.53. The van der Waals surface area contributed by atoms with Crippen molar-refractivity contribution >= 4 is 47.8 Å². The zero-order valence-corrected chi connectivity index (χ0v) is 84.1. The zero-order chi connectivity index (χ0) is 92.8. The first-order valence-corrected chi connectivity index (χ1v) is 47.8. The summed E-state index contributed by atoms with van der Waals surface area (Å²) < 4.78 is 5.61. The quantitative estimate of drug-likeness (QED) is 0.0325. The summed E-state index contributed by atoms with van der Waals surface area (Å²) in [7, 11) is 34.3. The molecule has 0 bridgehead atoms. The van der Waals surface area contributed by atoms with Gasteiger partial charge in [-0.05, 0) is 64.2 Å². The molecular weight excluding hydrogens is 1600 g/mol. The molecule has 0 aliphatic heterocycles. The maximum absolute atomic E-state index is 10.6. The Labute approximate surface area is 754 Å². The first-order chi connectivity index (χ1) is 56.2. The van der Waals surface area contributed by atoms with Crippen LogP contribution in [0, 0.1) is 0 Å². The van der Waals surface area contributed by atoms with E-state index in [1.165, 1.54) is 354 Å². The van der Waals surface area contributed by atoms with Gasteiger partial charge in [0.05, 0.1) is 188 Å². The van der Waals surface area contributed by atoms with Crippen molar-refractivity contribution in [1.82, 2.24) is 19.6 Å². The molecule has 0 unspecified atom stereocenters. The normalized spacial score (nSPS) is 11.5. The second-order valence-electron chi connectivity index (χ2n) is 38.9. The van der Waals surface area contributed by atoms with Crippen LogP contribution in [0.2, 0.25) is 0 Å². The van der Waals surface area contributed by atoms with Crippen molar-refractivity contribution < 1.29 is 119 Å². The van der Waals surface area contributed by atoms with Crippen molar-refractivity contribution in [2.24, 2.45) is 0 Å². The van der Waals surface area contributed by atoms with Gasteiger partial charge in [-0.15, -0.1) is 0 Å². The Morgan fingerprint density at radius 2 is 0.289 bits per heavy atom. The molecule has 4 N–H and O–H groups in total. The molecule has 26 heteroatoms. The van der Waals surface area contributed by atoms with Crippen LogP contribution < -0.4 is 37.4 Å². The summed E-state index contributed by atoms with van der Waals surface area (Å²) in [5, 5.41) is 76.1. The monoisotopic (exact) mass is 1800 g/mol. The van der Waals surface area contributed by atoms with Crippen LogP contribution in [0.5, 0.6) is 0 Å². The number of carbonyl (C=O) groups is 8. The molecule has 0 saturated carbocycles. The molecule has 0 radical (unpaired) electrons. The van der Waals surface area contributed by atoms with Crippen LogP contribution in [0.3, 0.4) is 0 Å². The molecule has 0 aliphatic carbocycles. The minimum absolute atomic E-state index is 0. The smallest absolute Gasteiger partial charge is 0.317 e. The number of carboxylic acid groups (broad SMARTS) is 8. The van der Waals surface area contributed by atoms with E-state index in [2.05, 4.69) is 140 Å². The number of rotatable bonds is 77. The molecule has 0 amide bonds. The summed E-state index contributed by atoms with van der Waals surface area (Å²) in [4.78, 5) is 87.8. The Hall–Kier alpha value is -4.12. The summed E-state index contributed by atoms with van der Waals surface area (Å²) >= 11 is 0. The zero-order valence-electron chi connectivity index (χ0n) is 82.5. The lowest BCUT2D eigenvalue weighted by Gasteiger charge is -2.28. The molecule has 0 atom stereocenters. The van der Waals surface area contributed by atoms with Gasteiger partial charge >= 0.3 is 23.9 Å². The van der Waals surface area contributed by atoms with E-state index in [9.17, 15) is 58.8 Å². The molecule has 726 valence electrons. The summed E-state index contributed by atoms with van der Waals surface area (Å²) in [6.07, 6.45) is 72.0. The molecule has 0 heterocycles. The molecule has 0 rings (SSSR count). The van der Waals surface area contributed by atoms with Crippen LogP contribution in [0.4, 0.5) is 0 Å². The fraction of sp³-hybridized carbons (Fsp3) is 0.916. The van der Waals surface area contributed by atoms with E-state index in [0.29, 0.717) is 0 Å². The number of carboxylic acids is 8. The van der Waals surface area contributed by atoms with E-state index in [0.717, 1.165) is 42.0 Å². The second-order valence-corrected chi connectivity index (χ2v) is 38.9. The van der Waals surface area contributed by atoms with Gasteiger partial charge in [-0.25, -0.2) is 0 Å². The summed E-state index contributed by atoms with van der Waals surface area (Å²) in [6.45, 7) is 12.6. The highest BCUT2D eigenvalue weighted by Crippen LogP contribution is 2.17. The van der Waals surface area contributed by atoms with E-state index in [4.69, 9.17) is 20.4 Å². The van der Waals surface area contributed by atoms with Gasteiger partial charge < -0.3 is 99.4 Å². The van der Waals surface area contributed by atoms with E-state index >= 15 is 0 Å². The molecule has 0 fully saturated rings. The number of unbranched alkanes of at least 4 members (excludes halogenated alkanes) is 45. The fourth-order valence-electron chi connectivity index (χ4n) is 13.3. The average Bonchev–Trinajstić information content (AvgIpc) is 0.921. The van der Waals surface area contributed by atoms with E-state index in [1.54, 1.807) is 0 Å². The van der Waals surface area contributed by atoms with E-state index in [1.807, 2.05) is 0 Å². The second kappa shape index (κ2) is 92.1. The maximum atomic E-state index is 10.6. The van der Waals surface area contributed by atoms with Crippen LogP contribution >= 0.6 is 0 Å². The Kier molecular flexibility index (Phi) is 101. The van der Waals surface area contributed by atoms with Crippen LogP contribution in [0.1, 0.15) is 356 Å². The van der Waals surface area contributed by atoms with Crippen LogP contribution in [0.15, 0.2) is 0 Å². The van der Waals surface area contributed by atoms with Gasteiger partial charge in [0.15, 0.2) is 0 Å². The Morgan fingerprint density at radius 3 is 0.380 bits per heavy atom. The van der Waals surface area contributed by atoms with Crippen LogP contribution in [0.25, 0.3) is 0 Å². The highest BCUT2D eigenvalue weighted by atomic mass is 79.9. The van der Waals surface area contributed by atoms with Gasteiger partial charge in [0.2, 0.25) is 0 Å². The lowest BCUT2D eigenvalue weighted by molar-refractivity contribution is -0.870. The Balaban J connectivity index is -0.000000205. The van der Waals surface area contributed by atoms with Gasteiger partial charge in [-0.2, -0.15) is 0 Å². The third-order valence-corrected chi connectivity index (χ3v) is 20.2. The number of aliphatic carboxylic acids is 8. The first kappa shape index (κ1) is 132. The predicted molar refractivity (Wildman–Crippen MR) is 490 cm³/mol. The molecule has 25 nitrogen and oxygen atoms in total. The highest BCUT2D eigenvalue weighted by molar-refractivity contribution is 5.74. The van der Waals surface area contributed by atoms with Crippen molar-refractivity contribution in [2.45, 2.75) is 356 Å². The topological polar surface area (TPSA) is 323 Å². The van der Waals surface area contributed by atoms with Crippen molar-refractivity contribution in [2.75, 3.05) is 217 Å². The summed E-state index contributed by atoms with van der Waals surface area (Å²) in [5.74, 6) is -11.0. The van der Waals surface area contributed by atoms with Crippen LogP contribution in [-0.2, 0) is 38.4 Å². The summed E-state index contributed by atoms with van der Waals surface area (Å²) in [6, 6.07) is 0. The molecule has 121 heavy (non-hydrogen) atoms. The van der Waals surface area contributed by atoms with Crippen molar-refractivity contribution in [3.8, 4) is 0 Å². The molecule has 0 aliphatic rings. The Morgan fingerprint density at radius 1 is 0.190 bits per heavy atom. The standard InChI is InChI=1S/5C15H34N.2C10H16N2O8.BrH/c5*1-5-6-7-8-9-10-11-12-13-14-15-16(2,3)4;2*13-7(14)3-11(4-8(15)16)1-2-12(5-9(17)18)6-10(19)20;/h5*5-15H2,1-4H3;2*1-6H2,(H,13,14)(H,15,16)(H,17,18)(H,19,20);1H/q5*+1;;;/p-5. The van der Waals surface area contributed by atoms with Gasteiger partial charge in [-0.1, -0.05) is 291 Å². The van der Waals surface area contributed by atoms with Crippen molar-refractivity contribution in [3.63, 3.8) is 0 Å². The number of hydrogen-bond acceptors (Lipinski definition) is 16. The largest absolute Gasteiger partial charge is 1.00 e. The molecular formula is C95H198BrN9O16. The SMILES string of the molecule is CCCCCCCCCCCC[N+](C)(C)C.CCCCCCCCCCCC[N+](C)(C)C.CCCCCCCCCCCC[N+](C)(C)C.CCCCCCCCCCCC[N+](C)(C)C.CCCCCCCCCCCC[N+](C)(C)C.O=C(O)CN(CCN(CC(=O)O)CC(=O)O)CC(=O)O.O=C([O-])CN(CCN(CC(=O)[O-])CC(=O)[O-])CC(=O)[O-].[Br-]. The van der Waals surface area contributed by atoms with E-state index in [-0.39, 0.29) is 43.2 Å². The van der Waals surface area contributed by atoms with Gasteiger partial charge in [0, 0.05) is 52.4 Å². The fourth-order valence-corrected chi connectivity index (χ4v) is 13.3. The van der Waals surface area contributed by atoms with Crippen molar-refractivity contribution in [1.29, 1.82) is 0 Å². The molecule has 0 aromatic carbocycles. The molecule has 0 aromatic heterocycles. The highest BCUT2D eigenvalue weighted by Gasteiger charge is 2.19. The molecule has 0 spiro atoms. The lowest BCUT2D eigenvalue weighted by atomic mass is 10.1. The number of halogens is 1. The maximum Gasteiger partial charge on any atom is 0.317 e. The molecule has 0 saturated heterocycles.